The van der Waals surface area contributed by atoms with Gasteiger partial charge in [-0.25, -0.2) is 0 Å². The van der Waals surface area contributed by atoms with Crippen molar-refractivity contribution in [3.8, 4) is 6.07 Å². The molecule has 0 radical (unpaired) electrons. The first-order valence-corrected chi connectivity index (χ1v) is 9.89. The second-order valence-corrected chi connectivity index (χ2v) is 7.33. The minimum Gasteiger partial charge on any atom is -0.337 e. The van der Waals surface area contributed by atoms with E-state index in [0.717, 1.165) is 18.5 Å². The van der Waals surface area contributed by atoms with Crippen molar-refractivity contribution >= 4 is 28.8 Å². The highest BCUT2D eigenvalue weighted by molar-refractivity contribution is 7.08. The maximum atomic E-state index is 12.6. The summed E-state index contributed by atoms with van der Waals surface area (Å²) < 4.78 is 0. The zero-order valence-corrected chi connectivity index (χ0v) is 16.0. The first-order valence-electron chi connectivity index (χ1n) is 8.95. The van der Waals surface area contributed by atoms with Crippen molar-refractivity contribution in [3.05, 3.63) is 52.2 Å². The molecule has 0 bridgehead atoms. The number of anilines is 1. The number of carbonyl (C=O) groups excluding carboxylic acids is 2. The first kappa shape index (κ1) is 19.1. The number of nitrogens with zero attached hydrogens (tertiary/aromatic N) is 3. The predicted octanol–water partition coefficient (Wildman–Crippen LogP) is 2.79. The van der Waals surface area contributed by atoms with Crippen molar-refractivity contribution in [1.29, 1.82) is 5.26 Å². The Labute approximate surface area is 163 Å². The second-order valence-electron chi connectivity index (χ2n) is 6.55. The van der Waals surface area contributed by atoms with Gasteiger partial charge < -0.3 is 10.2 Å². The van der Waals surface area contributed by atoms with Crippen LogP contribution in [0.5, 0.6) is 0 Å². The van der Waals surface area contributed by atoms with Gasteiger partial charge in [-0.05, 0) is 43.0 Å². The Bertz CT molecular complexity index is 844. The fourth-order valence-electron chi connectivity index (χ4n) is 3.18. The monoisotopic (exact) mass is 382 g/mol. The molecule has 7 heteroatoms. The molecule has 1 unspecified atom stereocenters. The summed E-state index contributed by atoms with van der Waals surface area (Å²) in [5.41, 5.74) is 1.87. The molecule has 2 heterocycles. The van der Waals surface area contributed by atoms with E-state index in [-0.39, 0.29) is 17.9 Å². The average molecular weight is 382 g/mol. The van der Waals surface area contributed by atoms with Crippen LogP contribution in [0.15, 0.2) is 41.1 Å². The third-order valence-electron chi connectivity index (χ3n) is 4.77. The number of carbonyl (C=O) groups is 2. The maximum absolute atomic E-state index is 12.6. The summed E-state index contributed by atoms with van der Waals surface area (Å²) in [6, 6.07) is 10.5. The smallest absolute Gasteiger partial charge is 0.254 e. The molecule has 140 valence electrons. The number of nitriles is 1. The Balaban J connectivity index is 1.58. The van der Waals surface area contributed by atoms with Gasteiger partial charge in [0.1, 0.15) is 0 Å². The molecule has 1 aliphatic heterocycles. The summed E-state index contributed by atoms with van der Waals surface area (Å²) in [5.74, 6) is -0.0498. The van der Waals surface area contributed by atoms with Crippen molar-refractivity contribution in [2.45, 2.75) is 19.4 Å². The third kappa shape index (κ3) is 4.73. The van der Waals surface area contributed by atoms with E-state index >= 15 is 0 Å². The average Bonchev–Trinajstić information content (AvgIpc) is 3.11. The molecule has 1 aromatic heterocycles. The Hall–Kier alpha value is -2.69. The highest BCUT2D eigenvalue weighted by Crippen LogP contribution is 2.15. The number of amides is 2. The maximum Gasteiger partial charge on any atom is 0.254 e. The molecule has 1 aromatic carbocycles. The van der Waals surface area contributed by atoms with Gasteiger partial charge in [0.15, 0.2) is 0 Å². The first-order chi connectivity index (χ1) is 13.1. The van der Waals surface area contributed by atoms with Crippen LogP contribution in [0, 0.1) is 11.3 Å². The molecule has 0 saturated carbocycles. The molecule has 2 aromatic rings. The quantitative estimate of drug-likeness (QED) is 0.882. The van der Waals surface area contributed by atoms with Crippen molar-refractivity contribution in [2.24, 2.45) is 0 Å². The fraction of sp³-hybridized carbons (Fsp3) is 0.350. The molecule has 1 N–H and O–H groups in total. The normalized spacial score (nSPS) is 16.2. The van der Waals surface area contributed by atoms with Gasteiger partial charge in [0, 0.05) is 37.2 Å². The summed E-state index contributed by atoms with van der Waals surface area (Å²) >= 11 is 1.52. The summed E-state index contributed by atoms with van der Waals surface area (Å²) in [7, 11) is 0. The number of rotatable bonds is 4. The number of nitrogens with one attached hydrogen (secondary N) is 1. The highest BCUT2D eigenvalue weighted by Gasteiger charge is 2.26. The molecule has 6 nitrogen and oxygen atoms in total. The number of hydrogen-bond donors (Lipinski definition) is 1. The van der Waals surface area contributed by atoms with Crippen LogP contribution in [-0.2, 0) is 4.79 Å². The lowest BCUT2D eigenvalue weighted by atomic mass is 10.2. The molecule has 27 heavy (non-hydrogen) atoms. The Kier molecular flexibility index (Phi) is 6.22. The van der Waals surface area contributed by atoms with Crippen LogP contribution < -0.4 is 5.32 Å². The predicted molar refractivity (Wildman–Crippen MR) is 106 cm³/mol. The van der Waals surface area contributed by atoms with Crippen LogP contribution in [0.4, 0.5) is 5.69 Å². The standard InChI is InChI=1S/C20H22N4O2S/c1-15(19(25)22-18-5-2-4-16(12-18)13-21)23-7-3-8-24(10-9-23)20(26)17-6-11-27-14-17/h2,4-6,11-12,14-15H,3,7-10H2,1H3,(H,22,25). The molecule has 1 atom stereocenters. The van der Waals surface area contributed by atoms with Crippen LogP contribution in [0.3, 0.4) is 0 Å². The highest BCUT2D eigenvalue weighted by atomic mass is 32.1. The zero-order chi connectivity index (χ0) is 19.2. The molecular formula is C20H22N4O2S. The minimum atomic E-state index is -0.313. The van der Waals surface area contributed by atoms with Gasteiger partial charge in [0.25, 0.3) is 5.91 Å². The van der Waals surface area contributed by atoms with E-state index in [1.165, 1.54) is 11.3 Å². The van der Waals surface area contributed by atoms with Crippen molar-refractivity contribution in [2.75, 3.05) is 31.5 Å². The number of hydrogen-bond acceptors (Lipinski definition) is 5. The molecule has 1 saturated heterocycles. The van der Waals surface area contributed by atoms with Gasteiger partial charge in [-0.3, -0.25) is 14.5 Å². The lowest BCUT2D eigenvalue weighted by Crippen LogP contribution is -2.44. The van der Waals surface area contributed by atoms with Gasteiger partial charge in [-0.2, -0.15) is 16.6 Å². The Morgan fingerprint density at radius 2 is 2.07 bits per heavy atom. The molecular weight excluding hydrogens is 360 g/mol. The van der Waals surface area contributed by atoms with Gasteiger partial charge in [0.05, 0.1) is 23.2 Å². The summed E-state index contributed by atoms with van der Waals surface area (Å²) in [6.45, 7) is 4.60. The van der Waals surface area contributed by atoms with E-state index in [1.807, 2.05) is 28.7 Å². The van der Waals surface area contributed by atoms with E-state index in [2.05, 4.69) is 16.3 Å². The van der Waals surface area contributed by atoms with E-state index < -0.39 is 0 Å². The van der Waals surface area contributed by atoms with E-state index in [4.69, 9.17) is 5.26 Å². The largest absolute Gasteiger partial charge is 0.337 e. The second kappa shape index (κ2) is 8.80. The van der Waals surface area contributed by atoms with Gasteiger partial charge in [0.2, 0.25) is 5.91 Å². The summed E-state index contributed by atoms with van der Waals surface area (Å²) in [6.07, 6.45) is 0.831. The fourth-order valence-corrected chi connectivity index (χ4v) is 3.81. The van der Waals surface area contributed by atoms with Gasteiger partial charge >= 0.3 is 0 Å². The molecule has 0 spiro atoms. The van der Waals surface area contributed by atoms with Crippen molar-refractivity contribution in [3.63, 3.8) is 0 Å². The molecule has 1 fully saturated rings. The van der Waals surface area contributed by atoms with E-state index in [1.54, 1.807) is 24.3 Å². The van der Waals surface area contributed by atoms with Crippen molar-refractivity contribution < 1.29 is 9.59 Å². The van der Waals surface area contributed by atoms with Crippen LogP contribution in [0.2, 0.25) is 0 Å². The molecule has 1 aliphatic rings. The van der Waals surface area contributed by atoms with Crippen LogP contribution in [0.1, 0.15) is 29.3 Å². The van der Waals surface area contributed by atoms with Gasteiger partial charge in [-0.15, -0.1) is 0 Å². The zero-order valence-electron chi connectivity index (χ0n) is 15.2. The third-order valence-corrected chi connectivity index (χ3v) is 5.46. The molecule has 0 aliphatic carbocycles. The van der Waals surface area contributed by atoms with Gasteiger partial charge in [-0.1, -0.05) is 6.07 Å². The Morgan fingerprint density at radius 1 is 1.22 bits per heavy atom. The number of benzene rings is 1. The van der Waals surface area contributed by atoms with Crippen LogP contribution >= 0.6 is 11.3 Å². The number of thiophene rings is 1. The van der Waals surface area contributed by atoms with E-state index in [0.29, 0.717) is 30.9 Å². The summed E-state index contributed by atoms with van der Waals surface area (Å²) in [5, 5.41) is 15.6. The SMILES string of the molecule is CC(C(=O)Nc1cccc(C#N)c1)N1CCCN(C(=O)c2ccsc2)CC1. The van der Waals surface area contributed by atoms with E-state index in [9.17, 15) is 9.59 Å². The summed E-state index contributed by atoms with van der Waals surface area (Å²) in [4.78, 5) is 29.1. The lowest BCUT2D eigenvalue weighted by molar-refractivity contribution is -0.120. The lowest BCUT2D eigenvalue weighted by Gasteiger charge is -2.27. The topological polar surface area (TPSA) is 76.4 Å². The van der Waals surface area contributed by atoms with Crippen LogP contribution in [0.25, 0.3) is 0 Å². The Morgan fingerprint density at radius 3 is 2.81 bits per heavy atom. The minimum absolute atomic E-state index is 0.0588. The van der Waals surface area contributed by atoms with Crippen LogP contribution in [-0.4, -0.2) is 53.8 Å². The molecule has 3 rings (SSSR count). The van der Waals surface area contributed by atoms with Crippen molar-refractivity contribution in [1.82, 2.24) is 9.80 Å². The molecule has 2 amide bonds.